The Labute approximate surface area is 200 Å². The number of piperidine rings is 1. The minimum absolute atomic E-state index is 0.0762. The largest absolute Gasteiger partial charge is 0.493 e. The van der Waals surface area contributed by atoms with E-state index in [0.717, 1.165) is 42.6 Å². The number of aromatic nitrogens is 1. The maximum atomic E-state index is 13.1. The van der Waals surface area contributed by atoms with E-state index >= 15 is 0 Å². The molecule has 2 aromatic carbocycles. The van der Waals surface area contributed by atoms with Crippen molar-refractivity contribution in [1.82, 2.24) is 4.57 Å². The SMILES string of the molecule is C=CCn1c(=NC(=O)c2ccc(N3CCCCC3)c([N+](=O)[O-])c2)sc2cc(OC)c(OC)cc21. The van der Waals surface area contributed by atoms with E-state index in [-0.39, 0.29) is 11.3 Å². The molecule has 1 fully saturated rings. The Hall–Kier alpha value is -3.66. The molecule has 178 valence electrons. The summed E-state index contributed by atoms with van der Waals surface area (Å²) in [5.74, 6) is 0.591. The molecule has 0 aliphatic carbocycles. The lowest BCUT2D eigenvalue weighted by Gasteiger charge is -2.28. The van der Waals surface area contributed by atoms with Crippen LogP contribution in [0.3, 0.4) is 0 Å². The number of allylic oxidation sites excluding steroid dienone is 1. The van der Waals surface area contributed by atoms with Crippen LogP contribution in [0.25, 0.3) is 10.2 Å². The molecule has 9 nitrogen and oxygen atoms in total. The second-order valence-corrected chi connectivity index (χ2v) is 8.89. The third-order valence-electron chi connectivity index (χ3n) is 5.81. The van der Waals surface area contributed by atoms with Gasteiger partial charge in [-0.2, -0.15) is 4.99 Å². The number of carbonyl (C=O) groups excluding carboxylic acids is 1. The molecule has 10 heteroatoms. The third kappa shape index (κ3) is 4.54. The molecule has 0 radical (unpaired) electrons. The minimum Gasteiger partial charge on any atom is -0.493 e. The van der Waals surface area contributed by atoms with Crippen molar-refractivity contribution in [2.45, 2.75) is 25.8 Å². The van der Waals surface area contributed by atoms with Crippen molar-refractivity contribution in [3.8, 4) is 11.5 Å². The van der Waals surface area contributed by atoms with Crippen LogP contribution in [-0.4, -0.2) is 42.7 Å². The van der Waals surface area contributed by atoms with Crippen LogP contribution in [-0.2, 0) is 6.54 Å². The second-order valence-electron chi connectivity index (χ2n) is 7.88. The van der Waals surface area contributed by atoms with Crippen molar-refractivity contribution in [1.29, 1.82) is 0 Å². The summed E-state index contributed by atoms with van der Waals surface area (Å²) in [6, 6.07) is 8.26. The van der Waals surface area contributed by atoms with Crippen LogP contribution in [0, 0.1) is 10.1 Å². The number of nitrogens with zero attached hydrogens (tertiary/aromatic N) is 4. The van der Waals surface area contributed by atoms with Crippen LogP contribution in [0.1, 0.15) is 29.6 Å². The third-order valence-corrected chi connectivity index (χ3v) is 6.85. The Morgan fingerprint density at radius 1 is 1.18 bits per heavy atom. The first-order valence-electron chi connectivity index (χ1n) is 11.0. The normalized spacial score (nSPS) is 14.3. The Balaban J connectivity index is 1.78. The fourth-order valence-electron chi connectivity index (χ4n) is 4.14. The van der Waals surface area contributed by atoms with Crippen LogP contribution in [0.2, 0.25) is 0 Å². The lowest BCUT2D eigenvalue weighted by Crippen LogP contribution is -2.30. The summed E-state index contributed by atoms with van der Waals surface area (Å²) in [4.78, 5) is 31.2. The van der Waals surface area contributed by atoms with Gasteiger partial charge in [0.05, 0.1) is 29.4 Å². The van der Waals surface area contributed by atoms with Crippen molar-refractivity contribution in [3.05, 3.63) is 63.5 Å². The lowest BCUT2D eigenvalue weighted by atomic mass is 10.1. The van der Waals surface area contributed by atoms with E-state index in [2.05, 4.69) is 11.6 Å². The van der Waals surface area contributed by atoms with Gasteiger partial charge < -0.3 is 18.9 Å². The van der Waals surface area contributed by atoms with Crippen molar-refractivity contribution in [3.63, 3.8) is 0 Å². The van der Waals surface area contributed by atoms with Gasteiger partial charge in [0.1, 0.15) is 5.69 Å². The van der Waals surface area contributed by atoms with Crippen molar-refractivity contribution >= 4 is 38.8 Å². The van der Waals surface area contributed by atoms with Crippen LogP contribution in [0.5, 0.6) is 11.5 Å². The number of methoxy groups -OCH3 is 2. The van der Waals surface area contributed by atoms with Crippen molar-refractivity contribution < 1.29 is 19.2 Å². The maximum absolute atomic E-state index is 13.1. The Bertz CT molecular complexity index is 1320. The lowest BCUT2D eigenvalue weighted by molar-refractivity contribution is -0.384. The summed E-state index contributed by atoms with van der Waals surface area (Å²) < 4.78 is 13.5. The van der Waals surface area contributed by atoms with E-state index in [9.17, 15) is 14.9 Å². The molecule has 0 bridgehead atoms. The summed E-state index contributed by atoms with van der Waals surface area (Å²) in [6.07, 6.45) is 4.83. The van der Waals surface area contributed by atoms with E-state index in [4.69, 9.17) is 9.47 Å². The van der Waals surface area contributed by atoms with E-state index in [1.54, 1.807) is 32.4 Å². The standard InChI is InChI=1S/C24H26N4O5S/c1-4-10-27-19-14-20(32-2)21(33-3)15-22(19)34-24(27)25-23(29)16-8-9-17(18(13-16)28(30)31)26-11-6-5-7-12-26/h4,8-9,13-15H,1,5-7,10-12H2,2-3H3. The monoisotopic (exact) mass is 482 g/mol. The molecule has 1 amide bonds. The van der Waals surface area contributed by atoms with Crippen molar-refractivity contribution in [2.24, 2.45) is 4.99 Å². The Morgan fingerprint density at radius 3 is 2.53 bits per heavy atom. The maximum Gasteiger partial charge on any atom is 0.293 e. The zero-order chi connectivity index (χ0) is 24.2. The van der Waals surface area contributed by atoms with Gasteiger partial charge in [-0.25, -0.2) is 0 Å². The number of thiazole rings is 1. The number of rotatable bonds is 7. The van der Waals surface area contributed by atoms with Crippen LogP contribution in [0.4, 0.5) is 11.4 Å². The molecule has 1 aliphatic heterocycles. The zero-order valence-electron chi connectivity index (χ0n) is 19.2. The van der Waals surface area contributed by atoms with Gasteiger partial charge in [-0.3, -0.25) is 14.9 Å². The molecule has 1 saturated heterocycles. The molecule has 1 aliphatic rings. The van der Waals surface area contributed by atoms with Gasteiger partial charge in [0, 0.05) is 43.4 Å². The molecule has 0 atom stereocenters. The number of fused-ring (bicyclic) bond motifs is 1. The average molecular weight is 483 g/mol. The quantitative estimate of drug-likeness (QED) is 0.278. The average Bonchev–Trinajstić information content (AvgIpc) is 3.19. The number of amides is 1. The highest BCUT2D eigenvalue weighted by atomic mass is 32.1. The first kappa shape index (κ1) is 23.5. The fourth-order valence-corrected chi connectivity index (χ4v) is 5.19. The Kier molecular flexibility index (Phi) is 6.97. The highest BCUT2D eigenvalue weighted by molar-refractivity contribution is 7.16. The van der Waals surface area contributed by atoms with E-state index in [0.29, 0.717) is 28.5 Å². The first-order valence-corrected chi connectivity index (χ1v) is 11.8. The number of hydrogen-bond donors (Lipinski definition) is 0. The molecule has 2 heterocycles. The molecule has 4 rings (SSSR count). The molecule has 0 spiro atoms. The number of benzene rings is 2. The van der Waals surface area contributed by atoms with Gasteiger partial charge in [0.15, 0.2) is 16.3 Å². The Morgan fingerprint density at radius 2 is 1.88 bits per heavy atom. The van der Waals surface area contributed by atoms with E-state index < -0.39 is 10.8 Å². The molecular formula is C24H26N4O5S. The van der Waals surface area contributed by atoms with Crippen LogP contribution in [0.15, 0.2) is 48.0 Å². The van der Waals surface area contributed by atoms with E-state index in [1.165, 1.54) is 17.4 Å². The fraction of sp³-hybridized carbons (Fsp3) is 0.333. The number of nitro benzene ring substituents is 1. The molecule has 0 N–H and O–H groups in total. The van der Waals surface area contributed by atoms with Gasteiger partial charge in [0.25, 0.3) is 11.6 Å². The first-order chi connectivity index (χ1) is 16.5. The van der Waals surface area contributed by atoms with E-state index in [1.807, 2.05) is 21.6 Å². The number of hydrogen-bond acceptors (Lipinski definition) is 7. The molecule has 0 saturated carbocycles. The van der Waals surface area contributed by atoms with Gasteiger partial charge in [-0.15, -0.1) is 6.58 Å². The highest BCUT2D eigenvalue weighted by Gasteiger charge is 2.23. The molecule has 3 aromatic rings. The molecular weight excluding hydrogens is 456 g/mol. The molecule has 1 aromatic heterocycles. The number of ether oxygens (including phenoxy) is 2. The predicted octanol–water partition coefficient (Wildman–Crippen LogP) is 4.55. The van der Waals surface area contributed by atoms with Gasteiger partial charge in [0.2, 0.25) is 0 Å². The second kappa shape index (κ2) is 10.1. The smallest absolute Gasteiger partial charge is 0.293 e. The summed E-state index contributed by atoms with van der Waals surface area (Å²) in [5.41, 5.74) is 1.46. The number of nitro groups is 1. The highest BCUT2D eigenvalue weighted by Crippen LogP contribution is 2.34. The molecule has 34 heavy (non-hydrogen) atoms. The zero-order valence-corrected chi connectivity index (χ0v) is 20.0. The summed E-state index contributed by atoms with van der Waals surface area (Å²) in [6.45, 7) is 5.78. The number of carbonyl (C=O) groups is 1. The van der Waals surface area contributed by atoms with Crippen molar-refractivity contribution in [2.75, 3.05) is 32.2 Å². The minimum atomic E-state index is -0.545. The number of anilines is 1. The van der Waals surface area contributed by atoms with Gasteiger partial charge in [-0.1, -0.05) is 17.4 Å². The van der Waals surface area contributed by atoms with Crippen LogP contribution >= 0.6 is 11.3 Å². The summed E-state index contributed by atoms with van der Waals surface area (Å²) >= 11 is 1.32. The molecule has 0 unspecified atom stereocenters. The van der Waals surface area contributed by atoms with Gasteiger partial charge >= 0.3 is 0 Å². The van der Waals surface area contributed by atoms with Gasteiger partial charge in [-0.05, 0) is 31.4 Å². The van der Waals surface area contributed by atoms with Crippen LogP contribution < -0.4 is 19.2 Å². The summed E-state index contributed by atoms with van der Waals surface area (Å²) in [5, 5.41) is 11.8. The predicted molar refractivity (Wildman–Crippen MR) is 132 cm³/mol. The summed E-state index contributed by atoms with van der Waals surface area (Å²) in [7, 11) is 3.12. The topological polar surface area (TPSA) is 99.2 Å².